The van der Waals surface area contributed by atoms with Crippen molar-refractivity contribution in [2.75, 3.05) is 16.8 Å². The first-order valence-electron chi connectivity index (χ1n) is 10.9. The molecule has 0 spiro atoms. The second-order valence-electron chi connectivity index (χ2n) is 8.25. The maximum Gasteiger partial charge on any atom is 0.256 e. The quantitative estimate of drug-likeness (QED) is 0.342. The lowest BCUT2D eigenvalue weighted by Crippen LogP contribution is -2.39. The Bertz CT molecular complexity index is 1280. The molecule has 2 amide bonds. The SMILES string of the molecule is Cc1ccc(N2C(=O)[C@H](CC(=O)Nc3cccc(Cl)c3)N(CCc3ccc(Cl)cc3Cl)C2=S)cc1. The second-order valence-corrected chi connectivity index (χ2v) is 9.89. The predicted molar refractivity (Wildman–Crippen MR) is 147 cm³/mol. The van der Waals surface area contributed by atoms with Crippen molar-refractivity contribution in [3.8, 4) is 0 Å². The van der Waals surface area contributed by atoms with E-state index in [1.807, 2.05) is 37.3 Å². The number of rotatable bonds is 7. The third-order valence-electron chi connectivity index (χ3n) is 5.74. The molecule has 0 bridgehead atoms. The Kier molecular flexibility index (Phi) is 7.97. The first-order chi connectivity index (χ1) is 16.7. The van der Waals surface area contributed by atoms with Crippen molar-refractivity contribution in [1.82, 2.24) is 4.90 Å². The molecule has 3 aromatic rings. The van der Waals surface area contributed by atoms with E-state index in [4.69, 9.17) is 47.0 Å². The molecule has 3 aromatic carbocycles. The largest absolute Gasteiger partial charge is 0.336 e. The minimum absolute atomic E-state index is 0.0673. The van der Waals surface area contributed by atoms with Gasteiger partial charge in [-0.05, 0) is 73.6 Å². The highest BCUT2D eigenvalue weighted by atomic mass is 35.5. The molecule has 0 aliphatic carbocycles. The fourth-order valence-corrected chi connectivity index (χ4v) is 5.05. The standard InChI is InChI=1S/C26H22Cl3N3O2S/c1-16-5-9-21(10-6-16)32-25(34)23(15-24(33)30-20-4-2-3-18(27)13-20)31(26(32)35)12-11-17-7-8-19(28)14-22(17)29/h2-10,13-14,23H,11-12,15H2,1H3,(H,30,33)/t23-/m0/s1. The van der Waals surface area contributed by atoms with E-state index in [1.54, 1.807) is 41.3 Å². The smallest absolute Gasteiger partial charge is 0.256 e. The minimum Gasteiger partial charge on any atom is -0.336 e. The molecule has 9 heteroatoms. The van der Waals surface area contributed by atoms with Crippen molar-refractivity contribution in [3.05, 3.63) is 92.9 Å². The van der Waals surface area contributed by atoms with Crippen LogP contribution in [0.25, 0.3) is 0 Å². The van der Waals surface area contributed by atoms with Gasteiger partial charge in [0.2, 0.25) is 5.91 Å². The molecule has 35 heavy (non-hydrogen) atoms. The Morgan fingerprint density at radius 2 is 1.71 bits per heavy atom. The normalized spacial score (nSPS) is 15.6. The van der Waals surface area contributed by atoms with Gasteiger partial charge in [-0.25, -0.2) is 0 Å². The van der Waals surface area contributed by atoms with E-state index in [2.05, 4.69) is 5.32 Å². The first kappa shape index (κ1) is 25.5. The van der Waals surface area contributed by atoms with Crippen LogP contribution < -0.4 is 10.2 Å². The summed E-state index contributed by atoms with van der Waals surface area (Å²) in [6.45, 7) is 2.38. The number of thiocarbonyl (C=S) groups is 1. The van der Waals surface area contributed by atoms with Gasteiger partial charge in [0.15, 0.2) is 5.11 Å². The van der Waals surface area contributed by atoms with Crippen LogP contribution in [0.4, 0.5) is 11.4 Å². The maximum atomic E-state index is 13.5. The number of benzene rings is 3. The molecule has 180 valence electrons. The van der Waals surface area contributed by atoms with E-state index in [0.717, 1.165) is 11.1 Å². The van der Waals surface area contributed by atoms with Gasteiger partial charge in [0.25, 0.3) is 5.91 Å². The van der Waals surface area contributed by atoms with Crippen LogP contribution in [-0.4, -0.2) is 34.4 Å². The zero-order valence-corrected chi connectivity index (χ0v) is 21.9. The third kappa shape index (κ3) is 5.96. The van der Waals surface area contributed by atoms with Crippen LogP contribution in [0.1, 0.15) is 17.5 Å². The number of nitrogens with one attached hydrogen (secondary N) is 1. The number of carbonyl (C=O) groups is 2. The number of hydrogen-bond donors (Lipinski definition) is 1. The molecule has 1 aliphatic heterocycles. The summed E-state index contributed by atoms with van der Waals surface area (Å²) in [5, 5.41) is 4.76. The van der Waals surface area contributed by atoms with Crippen LogP contribution in [0.2, 0.25) is 15.1 Å². The summed E-state index contributed by atoms with van der Waals surface area (Å²) in [7, 11) is 0. The van der Waals surface area contributed by atoms with Gasteiger partial charge < -0.3 is 10.2 Å². The molecule has 1 fully saturated rings. The Hall–Kier alpha value is -2.64. The lowest BCUT2D eigenvalue weighted by atomic mass is 10.1. The molecule has 1 aliphatic rings. The lowest BCUT2D eigenvalue weighted by Gasteiger charge is -2.24. The number of carbonyl (C=O) groups excluding carboxylic acids is 2. The molecule has 4 rings (SSSR count). The van der Waals surface area contributed by atoms with Gasteiger partial charge in [0, 0.05) is 27.3 Å². The van der Waals surface area contributed by atoms with E-state index in [1.165, 1.54) is 4.90 Å². The second kappa shape index (κ2) is 11.0. The molecule has 1 atom stereocenters. The summed E-state index contributed by atoms with van der Waals surface area (Å²) in [5.41, 5.74) is 3.17. The van der Waals surface area contributed by atoms with Crippen LogP contribution in [0.3, 0.4) is 0 Å². The Balaban J connectivity index is 1.57. The highest BCUT2D eigenvalue weighted by Gasteiger charge is 2.43. The maximum absolute atomic E-state index is 13.5. The van der Waals surface area contributed by atoms with Crippen LogP contribution >= 0.6 is 47.0 Å². The first-order valence-corrected chi connectivity index (χ1v) is 12.5. The molecule has 1 heterocycles. The van der Waals surface area contributed by atoms with Gasteiger partial charge in [-0.1, -0.05) is 64.6 Å². The van der Waals surface area contributed by atoms with Gasteiger partial charge in [0.1, 0.15) is 6.04 Å². The van der Waals surface area contributed by atoms with Crippen molar-refractivity contribution < 1.29 is 9.59 Å². The molecule has 0 saturated carbocycles. The van der Waals surface area contributed by atoms with Crippen molar-refractivity contribution >= 4 is 75.3 Å². The molecule has 5 nitrogen and oxygen atoms in total. The van der Waals surface area contributed by atoms with E-state index >= 15 is 0 Å². The van der Waals surface area contributed by atoms with Crippen molar-refractivity contribution in [2.45, 2.75) is 25.8 Å². The number of hydrogen-bond acceptors (Lipinski definition) is 3. The van der Waals surface area contributed by atoms with Crippen LogP contribution in [0.5, 0.6) is 0 Å². The summed E-state index contributed by atoms with van der Waals surface area (Å²) >= 11 is 24.1. The molecule has 0 unspecified atom stereocenters. The zero-order valence-electron chi connectivity index (χ0n) is 18.8. The fourth-order valence-electron chi connectivity index (χ4n) is 3.94. The van der Waals surface area contributed by atoms with Crippen LogP contribution in [0.15, 0.2) is 66.7 Å². The molecular formula is C26H22Cl3N3O2S. The van der Waals surface area contributed by atoms with Crippen LogP contribution in [-0.2, 0) is 16.0 Å². The Morgan fingerprint density at radius 1 is 1.00 bits per heavy atom. The van der Waals surface area contributed by atoms with Crippen LogP contribution in [0, 0.1) is 6.92 Å². The minimum atomic E-state index is -0.755. The lowest BCUT2D eigenvalue weighted by molar-refractivity contribution is -0.124. The average Bonchev–Trinajstić information content (AvgIpc) is 3.03. The number of amides is 2. The molecule has 1 N–H and O–H groups in total. The number of aryl methyl sites for hydroxylation is 1. The number of halogens is 3. The topological polar surface area (TPSA) is 52.7 Å². The monoisotopic (exact) mass is 545 g/mol. The third-order valence-corrected chi connectivity index (χ3v) is 6.97. The molecule has 0 aromatic heterocycles. The Labute approximate surface area is 224 Å². The number of nitrogens with zero attached hydrogens (tertiary/aromatic N) is 2. The zero-order chi connectivity index (χ0) is 25.1. The van der Waals surface area contributed by atoms with Gasteiger partial charge in [-0.3, -0.25) is 14.5 Å². The number of anilines is 2. The molecule has 1 saturated heterocycles. The highest BCUT2D eigenvalue weighted by Crippen LogP contribution is 2.29. The average molecular weight is 547 g/mol. The highest BCUT2D eigenvalue weighted by molar-refractivity contribution is 7.80. The van der Waals surface area contributed by atoms with Crippen molar-refractivity contribution in [2.24, 2.45) is 0 Å². The van der Waals surface area contributed by atoms with E-state index in [0.29, 0.717) is 44.5 Å². The van der Waals surface area contributed by atoms with Crippen molar-refractivity contribution in [1.29, 1.82) is 0 Å². The van der Waals surface area contributed by atoms with Gasteiger partial charge in [-0.15, -0.1) is 0 Å². The summed E-state index contributed by atoms with van der Waals surface area (Å²) in [4.78, 5) is 29.7. The van der Waals surface area contributed by atoms with Gasteiger partial charge >= 0.3 is 0 Å². The van der Waals surface area contributed by atoms with E-state index in [9.17, 15) is 9.59 Å². The Morgan fingerprint density at radius 3 is 2.40 bits per heavy atom. The predicted octanol–water partition coefficient (Wildman–Crippen LogP) is 6.53. The van der Waals surface area contributed by atoms with Gasteiger partial charge in [0.05, 0.1) is 12.1 Å². The molecular weight excluding hydrogens is 525 g/mol. The van der Waals surface area contributed by atoms with Gasteiger partial charge in [-0.2, -0.15) is 0 Å². The fraction of sp³-hybridized carbons (Fsp3) is 0.192. The van der Waals surface area contributed by atoms with Crippen molar-refractivity contribution in [3.63, 3.8) is 0 Å². The van der Waals surface area contributed by atoms with E-state index < -0.39 is 6.04 Å². The summed E-state index contributed by atoms with van der Waals surface area (Å²) in [5.74, 6) is -0.559. The summed E-state index contributed by atoms with van der Waals surface area (Å²) in [6.07, 6.45) is 0.458. The summed E-state index contributed by atoms with van der Waals surface area (Å²) in [6, 6.07) is 18.9. The van der Waals surface area contributed by atoms with E-state index in [-0.39, 0.29) is 18.2 Å². The molecule has 0 radical (unpaired) electrons. The summed E-state index contributed by atoms with van der Waals surface area (Å²) < 4.78 is 0.